The number of hydrogen-bond donors (Lipinski definition) is 0. The van der Waals surface area contributed by atoms with Crippen molar-refractivity contribution < 1.29 is 47.4 Å². The van der Waals surface area contributed by atoms with Crippen LogP contribution in [0, 0.1) is 13.8 Å². The minimum Gasteiger partial charge on any atom is -0.489 e. The van der Waals surface area contributed by atoms with E-state index in [9.17, 15) is 0 Å². The fraction of sp³-hybridized carbons (Fsp3) is 0.136. The summed E-state index contributed by atoms with van der Waals surface area (Å²) >= 11 is 0. The van der Waals surface area contributed by atoms with E-state index in [0.29, 0.717) is 87.4 Å². The molecule has 0 aromatic heterocycles. The zero-order valence-electron chi connectivity index (χ0n) is 54.9. The Morgan fingerprint density at radius 2 is 0.469 bits per heavy atom. The topological polar surface area (TPSA) is 92.3 Å². The molecular formula is C88H76O10. The summed E-state index contributed by atoms with van der Waals surface area (Å²) in [6.07, 6.45) is 3.05. The molecule has 2 atom stereocenters. The maximum absolute atomic E-state index is 6.81. The number of fused-ring (bicyclic) bond motifs is 2. The normalized spacial score (nSPS) is 13.4. The van der Waals surface area contributed by atoms with Gasteiger partial charge in [-0.15, -0.1) is 0 Å². The van der Waals surface area contributed by atoms with Crippen molar-refractivity contribution in [3.8, 4) is 46.0 Å². The van der Waals surface area contributed by atoms with Crippen molar-refractivity contribution in [2.24, 2.45) is 0 Å². The van der Waals surface area contributed by atoms with Crippen LogP contribution in [0.5, 0.6) is 46.0 Å². The average Bonchev–Trinajstić information content (AvgIpc) is 0.784. The average molecular weight is 1290 g/mol. The Bertz CT molecular complexity index is 4280. The van der Waals surface area contributed by atoms with Crippen LogP contribution < -0.4 is 37.9 Å². The standard InChI is InChI=1S/2C44H38O5/c2*1-32-24-40(46-29-34-16-8-3-9-17-34)38-27-43(48-31-36-20-12-5-13-21-36)44(49-41(38)25-32)37-22-23-39(45-28-33-14-6-2-7-15-33)42(26-37)47-30-35-18-10-4-11-19-35/h2*2-27,44H,28-31H2,1H3/t2*44-/m10/s1. The number of benzene rings is 12. The van der Waals surface area contributed by atoms with Crippen LogP contribution in [-0.4, -0.2) is 0 Å². The second-order valence-corrected chi connectivity index (χ2v) is 24.0. The van der Waals surface area contributed by atoms with Crippen LogP contribution >= 0.6 is 0 Å². The van der Waals surface area contributed by atoms with Crippen LogP contribution in [0.15, 0.2) is 315 Å². The molecular weight excluding hydrogens is 1220 g/mol. The lowest BCUT2D eigenvalue weighted by Gasteiger charge is -2.29. The first-order chi connectivity index (χ1) is 48.3. The molecule has 12 aromatic carbocycles. The van der Waals surface area contributed by atoms with Gasteiger partial charge in [-0.3, -0.25) is 0 Å². The van der Waals surface area contributed by atoms with Gasteiger partial charge in [-0.1, -0.05) is 255 Å². The van der Waals surface area contributed by atoms with Gasteiger partial charge in [0.15, 0.2) is 35.2 Å². The maximum Gasteiger partial charge on any atom is 0.181 e. The third-order valence-corrected chi connectivity index (χ3v) is 16.5. The predicted molar refractivity (Wildman–Crippen MR) is 385 cm³/mol. The van der Waals surface area contributed by atoms with Crippen LogP contribution in [0.4, 0.5) is 0 Å². The van der Waals surface area contributed by atoms with Crippen molar-refractivity contribution in [3.05, 3.63) is 393 Å². The lowest BCUT2D eigenvalue weighted by atomic mass is 9.99. The lowest BCUT2D eigenvalue weighted by Crippen LogP contribution is -2.18. The van der Waals surface area contributed by atoms with Crippen molar-refractivity contribution in [1.29, 1.82) is 0 Å². The lowest BCUT2D eigenvalue weighted by molar-refractivity contribution is 0.106. The molecule has 0 fully saturated rings. The largest absolute Gasteiger partial charge is 0.489 e. The van der Waals surface area contributed by atoms with Gasteiger partial charge in [-0.25, -0.2) is 0 Å². The van der Waals surface area contributed by atoms with E-state index in [0.717, 1.165) is 101 Å². The van der Waals surface area contributed by atoms with Crippen LogP contribution in [-0.2, 0) is 62.3 Å². The van der Waals surface area contributed by atoms with Crippen LogP contribution in [0.25, 0.3) is 12.2 Å². The van der Waals surface area contributed by atoms with Gasteiger partial charge in [0.1, 0.15) is 87.4 Å². The minimum absolute atomic E-state index is 0.392. The van der Waals surface area contributed by atoms with Gasteiger partial charge >= 0.3 is 0 Å². The predicted octanol–water partition coefficient (Wildman–Crippen LogP) is 20.8. The Morgan fingerprint density at radius 1 is 0.235 bits per heavy atom. The molecule has 0 spiro atoms. The first-order valence-electron chi connectivity index (χ1n) is 33.0. The van der Waals surface area contributed by atoms with E-state index in [1.165, 1.54) is 0 Å². The molecule has 98 heavy (non-hydrogen) atoms. The highest BCUT2D eigenvalue weighted by atomic mass is 16.6. The molecule has 0 bridgehead atoms. The number of aryl methyl sites for hydroxylation is 2. The highest BCUT2D eigenvalue weighted by Gasteiger charge is 2.32. The molecule has 2 aliphatic heterocycles. The summed E-state index contributed by atoms with van der Waals surface area (Å²) in [7, 11) is 0. The molecule has 0 aliphatic carbocycles. The van der Waals surface area contributed by atoms with E-state index < -0.39 is 12.2 Å². The summed E-state index contributed by atoms with van der Waals surface area (Å²) in [5.74, 6) is 6.88. The summed E-state index contributed by atoms with van der Waals surface area (Å²) in [5.41, 5.74) is 14.1. The zero-order chi connectivity index (χ0) is 66.5. The fourth-order valence-corrected chi connectivity index (χ4v) is 11.4. The molecule has 0 unspecified atom stereocenters. The molecule has 2 heterocycles. The van der Waals surface area contributed by atoms with Crippen molar-refractivity contribution in [2.75, 3.05) is 0 Å². The highest BCUT2D eigenvalue weighted by molar-refractivity contribution is 5.71. The fourth-order valence-electron chi connectivity index (χ4n) is 11.4. The third kappa shape index (κ3) is 17.5. The van der Waals surface area contributed by atoms with Crippen molar-refractivity contribution >= 4 is 12.2 Å². The first-order valence-corrected chi connectivity index (χ1v) is 33.0. The van der Waals surface area contributed by atoms with Gasteiger partial charge in [-0.2, -0.15) is 0 Å². The van der Waals surface area contributed by atoms with E-state index in [-0.39, 0.29) is 0 Å². The second kappa shape index (κ2) is 32.5. The Kier molecular flexibility index (Phi) is 21.5. The van der Waals surface area contributed by atoms with E-state index in [4.69, 9.17) is 47.4 Å². The molecule has 0 radical (unpaired) electrons. The smallest absolute Gasteiger partial charge is 0.181 e. The quantitative estimate of drug-likeness (QED) is 0.0522. The SMILES string of the molecule is Cc1cc(OCc2ccccc2)c2c(c1)O[C@@H](c1ccc(OCc3ccccc3)c(OCc3ccccc3)c1)C(OCc1ccccc1)=C2.Cc1cc(OCc2ccccc2)c2c(c1)O[C@H](c1ccc(OCc3ccccc3)c(OCc3ccccc3)c1)C(OCc1ccccc1)=C2. The summed E-state index contributed by atoms with van der Waals surface area (Å²) in [5, 5.41) is 0. The van der Waals surface area contributed by atoms with Crippen LogP contribution in [0.3, 0.4) is 0 Å². The minimum atomic E-state index is -0.526. The second-order valence-electron chi connectivity index (χ2n) is 24.0. The molecule has 0 amide bonds. The zero-order valence-corrected chi connectivity index (χ0v) is 54.9. The van der Waals surface area contributed by atoms with Gasteiger partial charge in [0.2, 0.25) is 0 Å². The van der Waals surface area contributed by atoms with Crippen molar-refractivity contribution in [1.82, 2.24) is 0 Å². The third-order valence-electron chi connectivity index (χ3n) is 16.5. The molecule has 10 heteroatoms. The van der Waals surface area contributed by atoms with Gasteiger partial charge in [0.25, 0.3) is 0 Å². The van der Waals surface area contributed by atoms with Crippen LogP contribution in [0.2, 0.25) is 0 Å². The number of ether oxygens (including phenoxy) is 10. The molecule has 14 rings (SSSR count). The summed E-state index contributed by atoms with van der Waals surface area (Å²) in [4.78, 5) is 0. The first kappa shape index (κ1) is 64.8. The maximum atomic E-state index is 6.81. The number of rotatable bonds is 26. The van der Waals surface area contributed by atoms with Crippen LogP contribution in [0.1, 0.15) is 90.1 Å². The van der Waals surface area contributed by atoms with Gasteiger partial charge in [-0.05, 0) is 130 Å². The van der Waals surface area contributed by atoms with Gasteiger partial charge in [0, 0.05) is 11.1 Å². The van der Waals surface area contributed by atoms with Crippen molar-refractivity contribution in [2.45, 2.75) is 78.9 Å². The summed E-state index contributed by atoms with van der Waals surface area (Å²) in [6, 6.07) is 101. The molecule has 0 saturated carbocycles. The Hall–Kier alpha value is -11.9. The van der Waals surface area contributed by atoms with E-state index in [1.807, 2.05) is 269 Å². The Labute approximate surface area is 574 Å². The van der Waals surface area contributed by atoms with E-state index >= 15 is 0 Å². The van der Waals surface area contributed by atoms with Gasteiger partial charge in [0.05, 0.1) is 11.1 Å². The Balaban J connectivity index is 0.000000176. The summed E-state index contributed by atoms with van der Waals surface area (Å²) in [6.45, 7) is 7.41. The highest BCUT2D eigenvalue weighted by Crippen LogP contribution is 2.47. The molecule has 0 N–H and O–H groups in total. The molecule has 488 valence electrons. The summed E-state index contributed by atoms with van der Waals surface area (Å²) < 4.78 is 65.0. The molecule has 0 saturated heterocycles. The van der Waals surface area contributed by atoms with Gasteiger partial charge < -0.3 is 47.4 Å². The molecule has 10 nitrogen and oxygen atoms in total. The van der Waals surface area contributed by atoms with E-state index in [1.54, 1.807) is 0 Å². The van der Waals surface area contributed by atoms with Crippen molar-refractivity contribution in [3.63, 3.8) is 0 Å². The molecule has 12 aromatic rings. The Morgan fingerprint density at radius 3 is 0.735 bits per heavy atom. The van der Waals surface area contributed by atoms with E-state index in [2.05, 4.69) is 60.7 Å². The number of hydrogen-bond acceptors (Lipinski definition) is 10. The monoisotopic (exact) mass is 1290 g/mol. The molecule has 2 aliphatic rings.